The van der Waals surface area contributed by atoms with Gasteiger partial charge in [-0.25, -0.2) is 0 Å². The summed E-state index contributed by atoms with van der Waals surface area (Å²) in [6.07, 6.45) is 0. The molecule has 2 aromatic heterocycles. The molecule has 3 aromatic rings. The molecule has 0 N–H and O–H groups in total. The van der Waals surface area contributed by atoms with Crippen LogP contribution in [0, 0.1) is 13.8 Å². The van der Waals surface area contributed by atoms with E-state index in [2.05, 4.69) is 38.1 Å². The zero-order chi connectivity index (χ0) is 9.71. The Labute approximate surface area is 95.0 Å². The van der Waals surface area contributed by atoms with E-state index in [1.807, 2.05) is 0 Å². The monoisotopic (exact) mass is 314 g/mol. The Morgan fingerprint density at radius 1 is 0.714 bits per heavy atom. The van der Waals surface area contributed by atoms with E-state index in [9.17, 15) is 0 Å². The number of hydrogen-bond donors (Lipinski definition) is 0. The van der Waals surface area contributed by atoms with E-state index in [1.165, 1.54) is 10.8 Å². The molecule has 0 aliphatic heterocycles. The van der Waals surface area contributed by atoms with Crippen molar-refractivity contribution in [3.63, 3.8) is 0 Å². The fraction of sp³-hybridized carbons (Fsp3) is 0.167. The van der Waals surface area contributed by atoms with Crippen LogP contribution in [-0.2, 0) is 0 Å². The van der Waals surface area contributed by atoms with Crippen LogP contribution in [-0.4, -0.2) is 29.0 Å². The second-order valence-electron chi connectivity index (χ2n) is 3.64. The van der Waals surface area contributed by atoms with Crippen LogP contribution in [0.25, 0.3) is 19.3 Å². The fourth-order valence-corrected chi connectivity index (χ4v) is 6.19. The molecule has 0 saturated carbocycles. The Bertz CT molecular complexity index is 511. The van der Waals surface area contributed by atoms with E-state index in [0.717, 1.165) is 0 Å². The van der Waals surface area contributed by atoms with Crippen LogP contribution in [0.5, 0.6) is 0 Å². The third-order valence-electron chi connectivity index (χ3n) is 2.40. The van der Waals surface area contributed by atoms with Gasteiger partial charge in [0.25, 0.3) is 0 Å². The number of rotatable bonds is 0. The van der Waals surface area contributed by atoms with E-state index >= 15 is 0 Å². The molecule has 0 atom stereocenters. The molecule has 14 heavy (non-hydrogen) atoms. The molecule has 0 fully saturated rings. The molecule has 0 radical (unpaired) electrons. The van der Waals surface area contributed by atoms with Crippen molar-refractivity contribution >= 4 is 48.3 Å². The summed E-state index contributed by atoms with van der Waals surface area (Å²) in [4.78, 5) is 0. The molecule has 70 valence electrons. The molecule has 0 nitrogen and oxygen atoms in total. The van der Waals surface area contributed by atoms with Gasteiger partial charge in [0.15, 0.2) is 0 Å². The van der Waals surface area contributed by atoms with Gasteiger partial charge in [-0.05, 0) is 0 Å². The van der Waals surface area contributed by atoms with Crippen molar-refractivity contribution in [1.29, 1.82) is 0 Å². The number of fused-ring (bicyclic) bond motifs is 2. The van der Waals surface area contributed by atoms with Gasteiger partial charge in [0.2, 0.25) is 0 Å². The van der Waals surface area contributed by atoms with E-state index < -0.39 is 0 Å². The van der Waals surface area contributed by atoms with Gasteiger partial charge in [-0.2, -0.15) is 0 Å². The van der Waals surface area contributed by atoms with Crippen LogP contribution in [0.2, 0.25) is 0 Å². The summed E-state index contributed by atoms with van der Waals surface area (Å²) in [6.45, 7) is 4.49. The summed E-state index contributed by atoms with van der Waals surface area (Å²) in [7, 11) is 0. The van der Waals surface area contributed by atoms with Crippen molar-refractivity contribution < 1.29 is 0 Å². The first kappa shape index (κ1) is 9.00. The Kier molecular flexibility index (Phi) is 2.00. The molecular weight excluding hydrogens is 302 g/mol. The van der Waals surface area contributed by atoms with Gasteiger partial charge < -0.3 is 0 Å². The van der Waals surface area contributed by atoms with Crippen molar-refractivity contribution in [1.82, 2.24) is 0 Å². The molecule has 0 aliphatic carbocycles. The van der Waals surface area contributed by atoms with Crippen molar-refractivity contribution in [2.75, 3.05) is 0 Å². The Morgan fingerprint density at radius 2 is 1.21 bits per heavy atom. The van der Waals surface area contributed by atoms with Crippen LogP contribution in [0.3, 0.4) is 0 Å². The summed E-state index contributed by atoms with van der Waals surface area (Å²) >= 11 is 1.22. The quantitative estimate of drug-likeness (QED) is 0.560. The van der Waals surface area contributed by atoms with Crippen LogP contribution in [0.4, 0.5) is 0 Å². The van der Waals surface area contributed by atoms with Crippen LogP contribution < -0.4 is 0 Å². The third-order valence-corrected chi connectivity index (χ3v) is 6.65. The molecule has 3 rings (SSSR count). The molecule has 2 heterocycles. The van der Waals surface area contributed by atoms with Gasteiger partial charge >= 0.3 is 95.3 Å². The molecule has 0 saturated heterocycles. The molecule has 2 heteroatoms. The molecule has 0 bridgehead atoms. The van der Waals surface area contributed by atoms with E-state index in [-0.39, 0.29) is 0 Å². The van der Waals surface area contributed by atoms with Crippen LogP contribution in [0.1, 0.15) is 8.87 Å². The van der Waals surface area contributed by atoms with Gasteiger partial charge in [0, 0.05) is 0 Å². The standard InChI is InChI=1S/C12H10Se2/c1-7-3-9-5-10-4-8(2)14-12(10)6-11(9)13-7/h3-6H,1-2H3. The normalized spacial score (nSPS) is 11.6. The average molecular weight is 312 g/mol. The predicted octanol–water partition coefficient (Wildman–Crippen LogP) is 2.72. The second kappa shape index (κ2) is 3.12. The minimum atomic E-state index is 0.608. The van der Waals surface area contributed by atoms with Crippen LogP contribution >= 0.6 is 0 Å². The summed E-state index contributed by atoms with van der Waals surface area (Å²) in [5, 5.41) is 2.95. The zero-order valence-electron chi connectivity index (χ0n) is 8.13. The first-order chi connectivity index (χ1) is 6.72. The SMILES string of the molecule is Cc1cc2cc3cc(C)[se]c3cc2[se]1. The zero-order valence-corrected chi connectivity index (χ0v) is 11.6. The maximum absolute atomic E-state index is 2.45. The number of hydrogen-bond acceptors (Lipinski definition) is 0. The van der Waals surface area contributed by atoms with Gasteiger partial charge in [-0.15, -0.1) is 0 Å². The fourth-order valence-electron chi connectivity index (χ4n) is 1.84. The number of benzene rings is 1. The van der Waals surface area contributed by atoms with Crippen molar-refractivity contribution in [2.24, 2.45) is 0 Å². The van der Waals surface area contributed by atoms with Crippen LogP contribution in [0.15, 0.2) is 24.3 Å². The van der Waals surface area contributed by atoms with Crippen molar-refractivity contribution in [2.45, 2.75) is 13.8 Å². The van der Waals surface area contributed by atoms with E-state index in [1.54, 1.807) is 17.4 Å². The number of aryl methyl sites for hydroxylation is 2. The topological polar surface area (TPSA) is 0 Å². The molecule has 1 aromatic carbocycles. The van der Waals surface area contributed by atoms with Gasteiger partial charge in [0.1, 0.15) is 0 Å². The molecule has 0 spiro atoms. The van der Waals surface area contributed by atoms with Crippen molar-refractivity contribution in [3.8, 4) is 0 Å². The summed E-state index contributed by atoms with van der Waals surface area (Å²) in [5.74, 6) is 0. The third kappa shape index (κ3) is 1.34. The molecule has 0 amide bonds. The average Bonchev–Trinajstić information content (AvgIpc) is 2.59. The summed E-state index contributed by atoms with van der Waals surface area (Å²) in [6, 6.07) is 9.53. The molecular formula is C12H10Se2. The predicted molar refractivity (Wildman–Crippen MR) is 64.8 cm³/mol. The maximum atomic E-state index is 2.45. The first-order valence-corrected chi connectivity index (χ1v) is 8.05. The first-order valence-electron chi connectivity index (χ1n) is 4.63. The molecule has 0 aliphatic rings. The Hall–Kier alpha value is -0.261. The van der Waals surface area contributed by atoms with E-state index in [4.69, 9.17) is 0 Å². The van der Waals surface area contributed by atoms with E-state index in [0.29, 0.717) is 29.0 Å². The minimum absolute atomic E-state index is 0.608. The Balaban J connectivity index is 2.49. The Morgan fingerprint density at radius 3 is 1.71 bits per heavy atom. The van der Waals surface area contributed by atoms with Gasteiger partial charge in [0.05, 0.1) is 0 Å². The van der Waals surface area contributed by atoms with Gasteiger partial charge in [-0.1, -0.05) is 0 Å². The summed E-state index contributed by atoms with van der Waals surface area (Å²) < 4.78 is 6.31. The van der Waals surface area contributed by atoms with Crippen molar-refractivity contribution in [3.05, 3.63) is 33.1 Å². The van der Waals surface area contributed by atoms with Gasteiger partial charge in [-0.3, -0.25) is 0 Å². The molecule has 0 unspecified atom stereocenters. The second-order valence-corrected chi connectivity index (χ2v) is 9.05. The summed E-state index contributed by atoms with van der Waals surface area (Å²) in [5.41, 5.74) is 0.